The number of benzene rings is 2. The van der Waals surface area contributed by atoms with Crippen LogP contribution in [0.3, 0.4) is 0 Å². The van der Waals surface area contributed by atoms with Crippen molar-refractivity contribution in [2.75, 3.05) is 23.1 Å². The van der Waals surface area contributed by atoms with Crippen molar-refractivity contribution < 1.29 is 9.53 Å². The predicted octanol–water partition coefficient (Wildman–Crippen LogP) is 5.95. The maximum Gasteiger partial charge on any atom is 0.255 e. The molecule has 1 aliphatic carbocycles. The Labute approximate surface area is 202 Å². The second-order valence-electron chi connectivity index (χ2n) is 8.27. The number of nitrogens with one attached hydrogen (secondary N) is 3. The van der Waals surface area contributed by atoms with E-state index in [-0.39, 0.29) is 5.91 Å². The second kappa shape index (κ2) is 9.57. The van der Waals surface area contributed by atoms with Gasteiger partial charge in [0.05, 0.1) is 13.3 Å². The highest BCUT2D eigenvalue weighted by molar-refractivity contribution is 6.32. The van der Waals surface area contributed by atoms with Crippen molar-refractivity contribution in [3.63, 3.8) is 0 Å². The molecule has 34 heavy (non-hydrogen) atoms. The van der Waals surface area contributed by atoms with Crippen molar-refractivity contribution in [2.45, 2.75) is 19.3 Å². The molecule has 0 fully saturated rings. The van der Waals surface area contributed by atoms with Gasteiger partial charge in [0.25, 0.3) is 5.91 Å². The summed E-state index contributed by atoms with van der Waals surface area (Å²) in [7, 11) is 1.60. The van der Waals surface area contributed by atoms with Crippen LogP contribution in [-0.4, -0.2) is 23.0 Å². The third-order valence-electron chi connectivity index (χ3n) is 5.93. The average molecular weight is 474 g/mol. The molecule has 6 bridgehead atoms. The molecular formula is C26H24ClN5O2. The number of carbonyl (C=O) groups is 1. The van der Waals surface area contributed by atoms with Gasteiger partial charge >= 0.3 is 0 Å². The van der Waals surface area contributed by atoms with Crippen LogP contribution in [0.25, 0.3) is 0 Å². The van der Waals surface area contributed by atoms with Crippen LogP contribution in [0.1, 0.15) is 28.8 Å². The van der Waals surface area contributed by atoms with Gasteiger partial charge in [-0.1, -0.05) is 23.8 Å². The second-order valence-corrected chi connectivity index (χ2v) is 8.68. The molecule has 8 heteroatoms. The SMILES string of the molecule is COc1ccc(C(=O)Nc2ccc3cc2CCC2C=CC=C(C2)Nc2ncc(Cl)c(n2)N3)cc1. The standard InChI is InChI=1S/C26H24ClN5O2/c1-34-21-10-7-17(8-11-21)25(33)31-23-12-9-20-14-18(23)6-5-16-3-2-4-19(13-16)30-26-28-15-22(27)24(29-20)32-26/h2-4,7-12,14-16H,5-6,13H2,1H3,(H,31,33)(H2,28,29,30,32). The molecule has 3 N–H and O–H groups in total. The minimum Gasteiger partial charge on any atom is -0.497 e. The van der Waals surface area contributed by atoms with Gasteiger partial charge in [-0.25, -0.2) is 4.98 Å². The van der Waals surface area contributed by atoms with Gasteiger partial charge in [-0.05, 0) is 79.3 Å². The Morgan fingerprint density at radius 1 is 1.18 bits per heavy atom. The maximum absolute atomic E-state index is 12.9. The lowest BCUT2D eigenvalue weighted by atomic mass is 9.91. The van der Waals surface area contributed by atoms with Crippen molar-refractivity contribution in [1.82, 2.24) is 9.97 Å². The van der Waals surface area contributed by atoms with Crippen LogP contribution in [0.2, 0.25) is 5.02 Å². The maximum atomic E-state index is 12.9. The van der Waals surface area contributed by atoms with Crippen LogP contribution >= 0.6 is 11.6 Å². The average Bonchev–Trinajstić information content (AvgIpc) is 2.86. The highest BCUT2D eigenvalue weighted by Crippen LogP contribution is 2.31. The molecular weight excluding hydrogens is 450 g/mol. The Kier molecular flexibility index (Phi) is 6.18. The number of carbonyl (C=O) groups excluding carboxylic acids is 1. The summed E-state index contributed by atoms with van der Waals surface area (Å²) < 4.78 is 5.19. The summed E-state index contributed by atoms with van der Waals surface area (Å²) in [5, 5.41) is 10.1. The number of nitrogens with zero attached hydrogens (tertiary/aromatic N) is 2. The van der Waals surface area contributed by atoms with Gasteiger partial charge in [0.15, 0.2) is 5.82 Å². The molecule has 7 nitrogen and oxygen atoms in total. The zero-order valence-electron chi connectivity index (χ0n) is 18.6. The lowest BCUT2D eigenvalue weighted by Gasteiger charge is -2.20. The first-order chi connectivity index (χ1) is 16.6. The van der Waals surface area contributed by atoms with E-state index < -0.39 is 0 Å². The zero-order chi connectivity index (χ0) is 23.5. The Morgan fingerprint density at radius 3 is 2.85 bits per heavy atom. The fourth-order valence-electron chi connectivity index (χ4n) is 4.11. The third-order valence-corrected chi connectivity index (χ3v) is 6.21. The number of allylic oxidation sites excluding steroid dienone is 4. The summed E-state index contributed by atoms with van der Waals surface area (Å²) in [5.41, 5.74) is 4.27. The highest BCUT2D eigenvalue weighted by Gasteiger charge is 2.17. The van der Waals surface area contributed by atoms with E-state index in [1.165, 1.54) is 0 Å². The van der Waals surface area contributed by atoms with Crippen LogP contribution in [0.15, 0.2) is 72.6 Å². The molecule has 0 saturated carbocycles. The molecule has 0 saturated heterocycles. The number of ether oxygens (including phenoxy) is 1. The zero-order valence-corrected chi connectivity index (χ0v) is 19.4. The molecule has 2 aromatic carbocycles. The molecule has 2 heterocycles. The minimum absolute atomic E-state index is 0.169. The smallest absolute Gasteiger partial charge is 0.255 e. The van der Waals surface area contributed by atoms with Gasteiger partial charge in [0, 0.05) is 22.6 Å². The van der Waals surface area contributed by atoms with Crippen LogP contribution in [0.4, 0.5) is 23.1 Å². The summed E-state index contributed by atoms with van der Waals surface area (Å²) in [6.07, 6.45) is 10.5. The van der Waals surface area contributed by atoms with Gasteiger partial charge in [-0.15, -0.1) is 0 Å². The molecule has 1 aromatic heterocycles. The monoisotopic (exact) mass is 473 g/mol. The number of anilines is 4. The van der Waals surface area contributed by atoms with Crippen LogP contribution in [0.5, 0.6) is 5.75 Å². The number of hydrogen-bond acceptors (Lipinski definition) is 6. The molecule has 0 radical (unpaired) electrons. The molecule has 1 aliphatic heterocycles. The third kappa shape index (κ3) is 4.89. The van der Waals surface area contributed by atoms with E-state index in [0.29, 0.717) is 34.0 Å². The Hall–Kier alpha value is -3.84. The Balaban J connectivity index is 1.46. The summed E-state index contributed by atoms with van der Waals surface area (Å²) >= 11 is 6.35. The number of aromatic nitrogens is 2. The van der Waals surface area contributed by atoms with E-state index in [4.69, 9.17) is 16.3 Å². The van der Waals surface area contributed by atoms with Crippen LogP contribution in [-0.2, 0) is 6.42 Å². The largest absolute Gasteiger partial charge is 0.497 e. The normalized spacial score (nSPS) is 16.5. The first-order valence-electron chi connectivity index (χ1n) is 11.1. The number of rotatable bonds is 3. The van der Waals surface area contributed by atoms with Crippen molar-refractivity contribution >= 4 is 40.6 Å². The summed E-state index contributed by atoms with van der Waals surface area (Å²) in [6, 6.07) is 12.9. The lowest BCUT2D eigenvalue weighted by molar-refractivity contribution is 0.102. The Morgan fingerprint density at radius 2 is 2.03 bits per heavy atom. The number of methoxy groups -OCH3 is 1. The summed E-state index contributed by atoms with van der Waals surface area (Å²) in [5.74, 6) is 1.91. The molecule has 172 valence electrons. The van der Waals surface area contributed by atoms with E-state index in [1.807, 2.05) is 24.3 Å². The Bertz CT molecular complexity index is 1290. The first-order valence-corrected chi connectivity index (χ1v) is 11.5. The molecule has 1 amide bonds. The van der Waals surface area contributed by atoms with E-state index in [9.17, 15) is 4.79 Å². The fraction of sp³-hybridized carbons (Fsp3) is 0.192. The number of aryl methyl sites for hydroxylation is 1. The van der Waals surface area contributed by atoms with Crippen molar-refractivity contribution in [3.8, 4) is 5.75 Å². The lowest BCUT2D eigenvalue weighted by Crippen LogP contribution is -2.14. The first kappa shape index (κ1) is 22.0. The fourth-order valence-corrected chi connectivity index (χ4v) is 4.25. The topological polar surface area (TPSA) is 88.2 Å². The molecule has 5 rings (SSSR count). The van der Waals surface area contributed by atoms with Crippen molar-refractivity contribution in [3.05, 3.63) is 88.7 Å². The van der Waals surface area contributed by atoms with E-state index in [0.717, 1.165) is 41.9 Å². The number of hydrogen-bond donors (Lipinski definition) is 3. The minimum atomic E-state index is -0.169. The quantitative estimate of drug-likeness (QED) is 0.435. The predicted molar refractivity (Wildman–Crippen MR) is 135 cm³/mol. The van der Waals surface area contributed by atoms with E-state index in [1.54, 1.807) is 37.6 Å². The molecule has 0 spiro atoms. The number of fused-ring (bicyclic) bond motifs is 6. The number of halogens is 1. The van der Waals surface area contributed by atoms with E-state index >= 15 is 0 Å². The van der Waals surface area contributed by atoms with E-state index in [2.05, 4.69) is 38.1 Å². The molecule has 3 aromatic rings. The molecule has 1 unspecified atom stereocenters. The molecule has 1 atom stereocenters. The summed E-state index contributed by atoms with van der Waals surface area (Å²) in [4.78, 5) is 21.8. The van der Waals surface area contributed by atoms with Gasteiger partial charge in [-0.3, -0.25) is 4.79 Å². The highest BCUT2D eigenvalue weighted by atomic mass is 35.5. The summed E-state index contributed by atoms with van der Waals surface area (Å²) in [6.45, 7) is 0. The van der Waals surface area contributed by atoms with Gasteiger partial charge in [0.2, 0.25) is 5.95 Å². The van der Waals surface area contributed by atoms with Crippen LogP contribution in [0, 0.1) is 5.92 Å². The van der Waals surface area contributed by atoms with Crippen molar-refractivity contribution in [2.24, 2.45) is 5.92 Å². The van der Waals surface area contributed by atoms with Crippen LogP contribution < -0.4 is 20.7 Å². The van der Waals surface area contributed by atoms with Gasteiger partial charge in [0.1, 0.15) is 10.8 Å². The van der Waals surface area contributed by atoms with Gasteiger partial charge in [-0.2, -0.15) is 4.98 Å². The van der Waals surface area contributed by atoms with Gasteiger partial charge < -0.3 is 20.7 Å². The molecule has 2 aliphatic rings. The number of amides is 1. The van der Waals surface area contributed by atoms with Crippen molar-refractivity contribution in [1.29, 1.82) is 0 Å².